The Morgan fingerprint density at radius 1 is 1.18 bits per heavy atom. The molecular weight excluding hydrogens is 292 g/mol. The maximum absolute atomic E-state index is 4.75. The lowest BCUT2D eigenvalue weighted by molar-refractivity contribution is 0.421. The second kappa shape index (κ2) is 6.34. The molecule has 0 bridgehead atoms. The number of piperidine rings is 1. The summed E-state index contributed by atoms with van der Waals surface area (Å²) in [7, 11) is 0. The molecule has 1 saturated carbocycles. The van der Waals surface area contributed by atoms with E-state index < -0.39 is 0 Å². The average molecular weight is 314 g/mol. The Labute approximate surface area is 135 Å². The molecule has 2 aromatic rings. The van der Waals surface area contributed by atoms with Crippen molar-refractivity contribution in [1.82, 2.24) is 14.7 Å². The van der Waals surface area contributed by atoms with Crippen LogP contribution in [0.1, 0.15) is 43.0 Å². The number of rotatable bonds is 5. The van der Waals surface area contributed by atoms with Crippen LogP contribution < -0.4 is 10.2 Å². The van der Waals surface area contributed by atoms with Crippen LogP contribution in [-0.4, -0.2) is 28.5 Å². The highest BCUT2D eigenvalue weighted by molar-refractivity contribution is 7.09. The summed E-state index contributed by atoms with van der Waals surface area (Å²) in [6, 6.07) is 11.2. The number of hydrogen-bond donors (Lipinski definition) is 1. The van der Waals surface area contributed by atoms with Crippen molar-refractivity contribution in [3.05, 3.63) is 41.7 Å². The van der Waals surface area contributed by atoms with Gasteiger partial charge in [-0.05, 0) is 31.2 Å². The molecule has 5 heteroatoms. The van der Waals surface area contributed by atoms with Gasteiger partial charge in [0.1, 0.15) is 5.82 Å². The summed E-state index contributed by atoms with van der Waals surface area (Å²) in [4.78, 5) is 7.17. The molecule has 1 aromatic carbocycles. The van der Waals surface area contributed by atoms with E-state index in [0.29, 0.717) is 12.0 Å². The Kier molecular flexibility index (Phi) is 4.08. The van der Waals surface area contributed by atoms with Crippen LogP contribution in [0.4, 0.5) is 5.13 Å². The number of benzene rings is 1. The molecule has 1 aliphatic carbocycles. The fourth-order valence-electron chi connectivity index (χ4n) is 3.04. The van der Waals surface area contributed by atoms with Gasteiger partial charge in [0.15, 0.2) is 0 Å². The van der Waals surface area contributed by atoms with Crippen molar-refractivity contribution in [2.24, 2.45) is 0 Å². The van der Waals surface area contributed by atoms with Crippen molar-refractivity contribution in [3.63, 3.8) is 0 Å². The second-order valence-electron chi connectivity index (χ2n) is 6.36. The zero-order valence-electron chi connectivity index (χ0n) is 12.7. The topological polar surface area (TPSA) is 41.0 Å². The van der Waals surface area contributed by atoms with Crippen LogP contribution in [-0.2, 0) is 6.54 Å². The van der Waals surface area contributed by atoms with Crippen molar-refractivity contribution in [2.75, 3.05) is 18.0 Å². The maximum Gasteiger partial charge on any atom is 0.205 e. The number of hydrogen-bond acceptors (Lipinski definition) is 5. The fourth-order valence-corrected chi connectivity index (χ4v) is 3.82. The monoisotopic (exact) mass is 314 g/mol. The van der Waals surface area contributed by atoms with Crippen molar-refractivity contribution in [3.8, 4) is 0 Å². The van der Waals surface area contributed by atoms with Gasteiger partial charge in [-0.1, -0.05) is 30.3 Å². The molecule has 0 radical (unpaired) electrons. The van der Waals surface area contributed by atoms with E-state index in [-0.39, 0.29) is 0 Å². The number of nitrogens with one attached hydrogen (secondary N) is 1. The quantitative estimate of drug-likeness (QED) is 0.920. The average Bonchev–Trinajstić information content (AvgIpc) is 3.31. The minimum atomic E-state index is 0.544. The van der Waals surface area contributed by atoms with E-state index in [4.69, 9.17) is 4.98 Å². The van der Waals surface area contributed by atoms with Crippen LogP contribution in [0.15, 0.2) is 30.3 Å². The minimum absolute atomic E-state index is 0.544. The second-order valence-corrected chi connectivity index (χ2v) is 7.09. The van der Waals surface area contributed by atoms with Crippen LogP contribution in [0.25, 0.3) is 0 Å². The fraction of sp³-hybridized carbons (Fsp3) is 0.529. The summed E-state index contributed by atoms with van der Waals surface area (Å²) < 4.78 is 4.54. The molecule has 2 heterocycles. The molecule has 1 aromatic heterocycles. The highest BCUT2D eigenvalue weighted by Crippen LogP contribution is 2.39. The molecule has 0 spiro atoms. The molecule has 4 nitrogen and oxygen atoms in total. The van der Waals surface area contributed by atoms with Crippen LogP contribution >= 0.6 is 11.5 Å². The lowest BCUT2D eigenvalue weighted by Crippen LogP contribution is -2.45. The Bertz CT molecular complexity index is 608. The van der Waals surface area contributed by atoms with Crippen molar-refractivity contribution in [2.45, 2.75) is 44.2 Å². The molecule has 1 saturated heterocycles. The number of aromatic nitrogens is 2. The Balaban J connectivity index is 1.34. The maximum atomic E-state index is 4.75. The third-order valence-electron chi connectivity index (χ3n) is 4.50. The van der Waals surface area contributed by atoms with Crippen LogP contribution in [0, 0.1) is 0 Å². The third kappa shape index (κ3) is 3.31. The number of nitrogens with zero attached hydrogens (tertiary/aromatic N) is 3. The van der Waals surface area contributed by atoms with Gasteiger partial charge in [-0.2, -0.15) is 4.37 Å². The van der Waals surface area contributed by atoms with Crippen molar-refractivity contribution < 1.29 is 0 Å². The first kappa shape index (κ1) is 14.2. The smallest absolute Gasteiger partial charge is 0.205 e. The van der Waals surface area contributed by atoms with Crippen LogP contribution in [0.2, 0.25) is 0 Å². The lowest BCUT2D eigenvalue weighted by atomic mass is 10.1. The molecule has 1 aliphatic heterocycles. The Morgan fingerprint density at radius 3 is 2.86 bits per heavy atom. The molecule has 1 N–H and O–H groups in total. The molecule has 1 unspecified atom stereocenters. The zero-order valence-corrected chi connectivity index (χ0v) is 13.6. The summed E-state index contributed by atoms with van der Waals surface area (Å²) in [5.41, 5.74) is 1.35. The van der Waals surface area contributed by atoms with E-state index >= 15 is 0 Å². The van der Waals surface area contributed by atoms with Gasteiger partial charge < -0.3 is 10.2 Å². The zero-order chi connectivity index (χ0) is 14.8. The van der Waals surface area contributed by atoms with Gasteiger partial charge in [-0.15, -0.1) is 0 Å². The van der Waals surface area contributed by atoms with Gasteiger partial charge in [0.25, 0.3) is 0 Å². The van der Waals surface area contributed by atoms with Gasteiger partial charge in [-0.25, -0.2) is 4.98 Å². The molecule has 4 rings (SSSR count). The summed E-state index contributed by atoms with van der Waals surface area (Å²) in [5.74, 6) is 1.74. The SMILES string of the molecule is c1ccc(CNC2CCCN(c3nc(C4CC4)ns3)C2)cc1. The largest absolute Gasteiger partial charge is 0.345 e. The Morgan fingerprint density at radius 2 is 2.05 bits per heavy atom. The Hall–Kier alpha value is -1.46. The molecule has 0 amide bonds. The van der Waals surface area contributed by atoms with Gasteiger partial charge >= 0.3 is 0 Å². The van der Waals surface area contributed by atoms with Gasteiger partial charge in [0.05, 0.1) is 0 Å². The number of anilines is 1. The highest BCUT2D eigenvalue weighted by Gasteiger charge is 2.29. The first-order chi connectivity index (χ1) is 10.9. The van der Waals surface area contributed by atoms with E-state index in [1.54, 1.807) is 11.5 Å². The summed E-state index contributed by atoms with van der Waals surface area (Å²) >= 11 is 1.58. The van der Waals surface area contributed by atoms with E-state index in [1.807, 2.05) is 0 Å². The van der Waals surface area contributed by atoms with Crippen molar-refractivity contribution >= 4 is 16.7 Å². The summed E-state index contributed by atoms with van der Waals surface area (Å²) in [6.07, 6.45) is 5.03. The molecule has 2 aliphatic rings. The molecule has 2 fully saturated rings. The summed E-state index contributed by atoms with van der Waals surface area (Å²) in [6.45, 7) is 3.11. The third-order valence-corrected chi connectivity index (χ3v) is 5.29. The van der Waals surface area contributed by atoms with E-state index in [9.17, 15) is 0 Å². The van der Waals surface area contributed by atoms with E-state index in [2.05, 4.69) is 44.9 Å². The first-order valence-corrected chi connectivity index (χ1v) is 9.02. The predicted molar refractivity (Wildman–Crippen MR) is 90.4 cm³/mol. The van der Waals surface area contributed by atoms with Gasteiger partial charge in [0.2, 0.25) is 5.13 Å². The minimum Gasteiger partial charge on any atom is -0.345 e. The van der Waals surface area contributed by atoms with Gasteiger partial charge in [-0.3, -0.25) is 0 Å². The van der Waals surface area contributed by atoms with Crippen LogP contribution in [0.3, 0.4) is 0 Å². The summed E-state index contributed by atoms with van der Waals surface area (Å²) in [5, 5.41) is 4.81. The van der Waals surface area contributed by atoms with Crippen molar-refractivity contribution in [1.29, 1.82) is 0 Å². The predicted octanol–water partition coefficient (Wildman–Crippen LogP) is 3.17. The molecule has 22 heavy (non-hydrogen) atoms. The standard InChI is InChI=1S/C17H22N4S/c1-2-5-13(6-3-1)11-18-15-7-4-10-21(12-15)17-19-16(20-22-17)14-8-9-14/h1-3,5-6,14-15,18H,4,7-12H2. The van der Waals surface area contributed by atoms with E-state index in [0.717, 1.165) is 30.6 Å². The molecule has 1 atom stereocenters. The molecular formula is C17H22N4S. The van der Waals surface area contributed by atoms with Gasteiger partial charge in [0, 0.05) is 43.1 Å². The first-order valence-electron chi connectivity index (χ1n) is 8.24. The van der Waals surface area contributed by atoms with Crippen LogP contribution in [0.5, 0.6) is 0 Å². The lowest BCUT2D eigenvalue weighted by Gasteiger charge is -2.32. The normalized spacial score (nSPS) is 22.0. The van der Waals surface area contributed by atoms with E-state index in [1.165, 1.54) is 31.2 Å². The highest BCUT2D eigenvalue weighted by atomic mass is 32.1. The molecule has 116 valence electrons.